The van der Waals surface area contributed by atoms with Crippen LogP contribution in [-0.4, -0.2) is 24.6 Å². The van der Waals surface area contributed by atoms with Crippen LogP contribution in [0.4, 0.5) is 5.69 Å². The molecule has 0 unspecified atom stereocenters. The number of non-ortho nitro benzene ring substituents is 1. The molecule has 0 aliphatic heterocycles. The molecule has 0 amide bonds. The molecule has 20 heavy (non-hydrogen) atoms. The average Bonchev–Trinajstić information content (AvgIpc) is 2.36. The molecule has 0 saturated heterocycles. The van der Waals surface area contributed by atoms with Crippen molar-refractivity contribution in [1.29, 1.82) is 0 Å². The van der Waals surface area contributed by atoms with Gasteiger partial charge in [0, 0.05) is 12.1 Å². The van der Waals surface area contributed by atoms with Crippen LogP contribution in [-0.2, 0) is 9.53 Å². The Balaban J connectivity index is 2.94. The standard InChI is InChI=1S/C12H13Br2NO5/c1-12(2,11(16)19-3)6-20-10-8(13)4-7(15(17)18)5-9(10)14/h4-5H,6H2,1-3H3. The van der Waals surface area contributed by atoms with Gasteiger partial charge in [0.25, 0.3) is 5.69 Å². The molecule has 0 aliphatic rings. The maximum absolute atomic E-state index is 11.6. The van der Waals surface area contributed by atoms with Crippen molar-refractivity contribution in [1.82, 2.24) is 0 Å². The van der Waals surface area contributed by atoms with E-state index in [0.717, 1.165) is 0 Å². The molecule has 1 aromatic carbocycles. The van der Waals surface area contributed by atoms with Crippen LogP contribution in [0.25, 0.3) is 0 Å². The highest BCUT2D eigenvalue weighted by Gasteiger charge is 2.30. The van der Waals surface area contributed by atoms with Gasteiger partial charge in [0.1, 0.15) is 12.4 Å². The zero-order valence-corrected chi connectivity index (χ0v) is 14.3. The quantitative estimate of drug-likeness (QED) is 0.420. The number of nitrogens with zero attached hydrogens (tertiary/aromatic N) is 1. The Morgan fingerprint density at radius 1 is 1.35 bits per heavy atom. The molecule has 0 aliphatic carbocycles. The maximum atomic E-state index is 11.6. The van der Waals surface area contributed by atoms with Gasteiger partial charge >= 0.3 is 5.97 Å². The summed E-state index contributed by atoms with van der Waals surface area (Å²) in [6.07, 6.45) is 0. The molecular formula is C12H13Br2NO5. The Hall–Kier alpha value is -1.15. The number of halogens is 2. The van der Waals surface area contributed by atoms with Gasteiger partial charge in [0.15, 0.2) is 0 Å². The van der Waals surface area contributed by atoms with Gasteiger partial charge in [0.2, 0.25) is 0 Å². The second-order valence-corrected chi connectivity index (χ2v) is 6.37. The van der Waals surface area contributed by atoms with Crippen molar-refractivity contribution in [3.05, 3.63) is 31.2 Å². The highest BCUT2D eigenvalue weighted by atomic mass is 79.9. The normalized spacial score (nSPS) is 11.1. The van der Waals surface area contributed by atoms with E-state index in [1.807, 2.05) is 0 Å². The van der Waals surface area contributed by atoms with Crippen LogP contribution in [0.5, 0.6) is 5.75 Å². The first-order valence-electron chi connectivity index (χ1n) is 5.53. The fourth-order valence-electron chi connectivity index (χ4n) is 1.38. The molecule has 1 rings (SSSR count). The molecule has 6 nitrogen and oxygen atoms in total. The summed E-state index contributed by atoms with van der Waals surface area (Å²) in [6, 6.07) is 2.68. The molecule has 0 N–H and O–H groups in total. The first kappa shape index (κ1) is 16.9. The third kappa shape index (κ3) is 3.92. The van der Waals surface area contributed by atoms with Crippen LogP contribution in [0, 0.1) is 15.5 Å². The van der Waals surface area contributed by atoms with Crippen LogP contribution >= 0.6 is 31.9 Å². The second kappa shape index (κ2) is 6.53. The predicted molar refractivity (Wildman–Crippen MR) is 79.8 cm³/mol. The van der Waals surface area contributed by atoms with E-state index in [-0.39, 0.29) is 12.3 Å². The van der Waals surface area contributed by atoms with E-state index in [2.05, 4.69) is 36.6 Å². The summed E-state index contributed by atoms with van der Waals surface area (Å²) in [5, 5.41) is 10.7. The highest BCUT2D eigenvalue weighted by molar-refractivity contribution is 9.11. The number of nitro benzene ring substituents is 1. The number of methoxy groups -OCH3 is 1. The van der Waals surface area contributed by atoms with E-state index < -0.39 is 16.3 Å². The molecule has 0 spiro atoms. The topological polar surface area (TPSA) is 78.7 Å². The van der Waals surface area contributed by atoms with Gasteiger partial charge in [-0.05, 0) is 45.7 Å². The van der Waals surface area contributed by atoms with Gasteiger partial charge in [-0.15, -0.1) is 0 Å². The molecule has 0 saturated carbocycles. The van der Waals surface area contributed by atoms with E-state index in [0.29, 0.717) is 14.7 Å². The van der Waals surface area contributed by atoms with E-state index in [4.69, 9.17) is 4.74 Å². The SMILES string of the molecule is COC(=O)C(C)(C)COc1c(Br)cc([N+](=O)[O-])cc1Br. The molecule has 8 heteroatoms. The van der Waals surface area contributed by atoms with Crippen LogP contribution in [0.3, 0.4) is 0 Å². The zero-order valence-electron chi connectivity index (χ0n) is 11.1. The Morgan fingerprint density at radius 3 is 2.25 bits per heavy atom. The number of ether oxygens (including phenoxy) is 2. The van der Waals surface area contributed by atoms with Gasteiger partial charge < -0.3 is 9.47 Å². The van der Waals surface area contributed by atoms with Gasteiger partial charge in [-0.1, -0.05) is 0 Å². The van der Waals surface area contributed by atoms with Crippen LogP contribution < -0.4 is 4.74 Å². The van der Waals surface area contributed by atoms with Crippen molar-refractivity contribution < 1.29 is 19.2 Å². The van der Waals surface area contributed by atoms with Gasteiger partial charge in [0.05, 0.1) is 26.4 Å². The largest absolute Gasteiger partial charge is 0.490 e. The molecule has 1 aromatic rings. The van der Waals surface area contributed by atoms with E-state index >= 15 is 0 Å². The van der Waals surface area contributed by atoms with Gasteiger partial charge in [-0.25, -0.2) is 0 Å². The lowest BCUT2D eigenvalue weighted by Gasteiger charge is -2.22. The predicted octanol–water partition coefficient (Wildman–Crippen LogP) is 3.70. The number of hydrogen-bond donors (Lipinski definition) is 0. The molecule has 0 aromatic heterocycles. The summed E-state index contributed by atoms with van der Waals surface area (Å²) in [4.78, 5) is 21.8. The fraction of sp³-hybridized carbons (Fsp3) is 0.417. The minimum Gasteiger partial charge on any atom is -0.490 e. The fourth-order valence-corrected chi connectivity index (χ4v) is 2.77. The summed E-state index contributed by atoms with van der Waals surface area (Å²) >= 11 is 6.42. The molecule has 0 bridgehead atoms. The molecule has 0 atom stereocenters. The molecule has 110 valence electrons. The third-order valence-corrected chi connectivity index (χ3v) is 3.69. The first-order chi connectivity index (χ1) is 9.19. The summed E-state index contributed by atoms with van der Waals surface area (Å²) in [6.45, 7) is 3.45. The Bertz CT molecular complexity index is 522. The smallest absolute Gasteiger partial charge is 0.314 e. The lowest BCUT2D eigenvalue weighted by Crippen LogP contribution is -2.32. The van der Waals surface area contributed by atoms with Crippen molar-refractivity contribution in [2.75, 3.05) is 13.7 Å². The average molecular weight is 411 g/mol. The second-order valence-electron chi connectivity index (χ2n) is 4.66. The van der Waals surface area contributed by atoms with Crippen LogP contribution in [0.1, 0.15) is 13.8 Å². The lowest BCUT2D eigenvalue weighted by molar-refractivity contribution is -0.385. The monoisotopic (exact) mass is 409 g/mol. The van der Waals surface area contributed by atoms with Crippen LogP contribution in [0.15, 0.2) is 21.1 Å². The number of hydrogen-bond acceptors (Lipinski definition) is 5. The van der Waals surface area contributed by atoms with Crippen LogP contribution in [0.2, 0.25) is 0 Å². The van der Waals surface area contributed by atoms with Crippen molar-refractivity contribution in [2.24, 2.45) is 5.41 Å². The summed E-state index contributed by atoms with van der Waals surface area (Å²) < 4.78 is 11.1. The Morgan fingerprint density at radius 2 is 1.85 bits per heavy atom. The Kier molecular flexibility index (Phi) is 5.52. The summed E-state index contributed by atoms with van der Waals surface area (Å²) in [7, 11) is 1.31. The zero-order chi connectivity index (χ0) is 15.5. The maximum Gasteiger partial charge on any atom is 0.314 e. The van der Waals surface area contributed by atoms with E-state index in [1.165, 1.54) is 19.2 Å². The molecule has 0 heterocycles. The molecule has 0 fully saturated rings. The number of esters is 1. The van der Waals surface area contributed by atoms with Gasteiger partial charge in [-0.2, -0.15) is 0 Å². The summed E-state index contributed by atoms with van der Waals surface area (Å²) in [5.41, 5.74) is -0.890. The highest BCUT2D eigenvalue weighted by Crippen LogP contribution is 2.38. The van der Waals surface area contributed by atoms with E-state index in [1.54, 1.807) is 13.8 Å². The van der Waals surface area contributed by atoms with E-state index in [9.17, 15) is 14.9 Å². The number of rotatable bonds is 5. The van der Waals surface area contributed by atoms with Crippen molar-refractivity contribution in [3.63, 3.8) is 0 Å². The van der Waals surface area contributed by atoms with Crippen molar-refractivity contribution >= 4 is 43.5 Å². The number of carbonyl (C=O) groups excluding carboxylic acids is 1. The number of nitro groups is 1. The minimum atomic E-state index is -0.824. The minimum absolute atomic E-state index is 0.0664. The number of benzene rings is 1. The van der Waals surface area contributed by atoms with Crippen molar-refractivity contribution in [3.8, 4) is 5.75 Å². The van der Waals surface area contributed by atoms with Crippen molar-refractivity contribution in [2.45, 2.75) is 13.8 Å². The van der Waals surface area contributed by atoms with Gasteiger partial charge in [-0.3, -0.25) is 14.9 Å². The first-order valence-corrected chi connectivity index (χ1v) is 7.12. The summed E-state index contributed by atoms with van der Waals surface area (Å²) in [5.74, 6) is -0.000709. The molecular weight excluding hydrogens is 398 g/mol. The number of carbonyl (C=O) groups is 1. The lowest BCUT2D eigenvalue weighted by atomic mass is 9.95. The molecule has 0 radical (unpaired) electrons. The Labute approximate surface area is 132 Å². The third-order valence-electron chi connectivity index (χ3n) is 2.51.